The van der Waals surface area contributed by atoms with E-state index in [1.54, 1.807) is 48.5 Å². The van der Waals surface area contributed by atoms with E-state index in [0.29, 0.717) is 42.8 Å². The standard InChI is InChI=1S/C29H36N6O4S/c1-21-19-39-17-16-35(21)27-18-25(20-40(37,38)26-6-4-3-5-7-26)30-28(33-27)22-8-10-23(11-9-22)31-29(36)32-24-12-14-34(2)15-13-24/h3-11,18,21,24H,12-17,19-20H2,1-2H3,(H2,31,32,36)/t21-/m0/s1. The van der Waals surface area contributed by atoms with Crippen LogP contribution < -0.4 is 15.5 Å². The molecule has 0 saturated carbocycles. The van der Waals surface area contributed by atoms with Crippen LogP contribution in [-0.4, -0.2) is 81.3 Å². The summed E-state index contributed by atoms with van der Waals surface area (Å²) in [6.07, 6.45) is 1.86. The van der Waals surface area contributed by atoms with Crippen molar-refractivity contribution < 1.29 is 17.9 Å². The van der Waals surface area contributed by atoms with E-state index in [0.717, 1.165) is 31.5 Å². The van der Waals surface area contributed by atoms with Gasteiger partial charge in [0.15, 0.2) is 15.7 Å². The SMILES string of the molecule is C[C@H]1COCCN1c1cc(CS(=O)(=O)c2ccccc2)nc(-c2ccc(NC(=O)NC3CCN(C)CC3)cc2)n1. The minimum atomic E-state index is -3.60. The molecule has 2 saturated heterocycles. The molecule has 1 aromatic heterocycles. The number of nitrogens with one attached hydrogen (secondary N) is 2. The number of morpholine rings is 1. The number of rotatable bonds is 7. The summed E-state index contributed by atoms with van der Waals surface area (Å²) in [5, 5.41) is 5.95. The molecule has 2 N–H and O–H groups in total. The molecule has 10 nitrogen and oxygen atoms in total. The summed E-state index contributed by atoms with van der Waals surface area (Å²) in [5.41, 5.74) is 1.80. The highest BCUT2D eigenvalue weighted by Gasteiger charge is 2.24. The molecule has 212 valence electrons. The van der Waals surface area contributed by atoms with Gasteiger partial charge in [0.25, 0.3) is 0 Å². The van der Waals surface area contributed by atoms with Gasteiger partial charge in [-0.05, 0) is 76.3 Å². The lowest BCUT2D eigenvalue weighted by atomic mass is 10.1. The van der Waals surface area contributed by atoms with Crippen molar-refractivity contribution in [3.8, 4) is 11.4 Å². The Hall–Kier alpha value is -3.54. The fourth-order valence-corrected chi connectivity index (χ4v) is 6.29. The average Bonchev–Trinajstić information content (AvgIpc) is 2.95. The molecule has 2 aromatic carbocycles. The Morgan fingerprint density at radius 1 is 1.02 bits per heavy atom. The molecule has 0 radical (unpaired) electrons. The normalized spacial score (nSPS) is 18.9. The molecule has 2 amide bonds. The Labute approximate surface area is 235 Å². The zero-order valence-electron chi connectivity index (χ0n) is 22.9. The Morgan fingerprint density at radius 2 is 1.75 bits per heavy atom. The number of carbonyl (C=O) groups excluding carboxylic acids is 1. The van der Waals surface area contributed by atoms with Crippen molar-refractivity contribution >= 4 is 27.4 Å². The molecule has 3 aromatic rings. The van der Waals surface area contributed by atoms with Crippen LogP contribution in [0.2, 0.25) is 0 Å². The Bertz CT molecular complexity index is 1410. The number of anilines is 2. The first-order valence-electron chi connectivity index (χ1n) is 13.6. The zero-order valence-corrected chi connectivity index (χ0v) is 23.7. The van der Waals surface area contributed by atoms with Gasteiger partial charge in [-0.25, -0.2) is 23.2 Å². The van der Waals surface area contributed by atoms with Gasteiger partial charge in [0, 0.05) is 29.9 Å². The lowest BCUT2D eigenvalue weighted by molar-refractivity contribution is 0.0985. The third kappa shape index (κ3) is 6.96. The smallest absolute Gasteiger partial charge is 0.319 e. The molecule has 5 rings (SSSR count). The Balaban J connectivity index is 1.37. The first-order chi connectivity index (χ1) is 19.3. The summed E-state index contributed by atoms with van der Waals surface area (Å²) in [7, 11) is -1.51. The van der Waals surface area contributed by atoms with Crippen molar-refractivity contribution in [3.63, 3.8) is 0 Å². The molecular formula is C29H36N6O4S. The number of piperidine rings is 1. The number of benzene rings is 2. The van der Waals surface area contributed by atoms with Crippen LogP contribution in [-0.2, 0) is 20.3 Å². The Kier molecular flexibility index (Phi) is 8.63. The van der Waals surface area contributed by atoms with Gasteiger partial charge in [-0.15, -0.1) is 0 Å². The molecule has 0 unspecified atom stereocenters. The predicted molar refractivity (Wildman–Crippen MR) is 155 cm³/mol. The van der Waals surface area contributed by atoms with Gasteiger partial charge >= 0.3 is 6.03 Å². The third-order valence-corrected chi connectivity index (χ3v) is 8.99. The number of nitrogens with zero attached hydrogens (tertiary/aromatic N) is 4. The molecule has 1 atom stereocenters. The summed E-state index contributed by atoms with van der Waals surface area (Å²) in [6.45, 7) is 5.78. The minimum Gasteiger partial charge on any atom is -0.377 e. The predicted octanol–water partition coefficient (Wildman–Crippen LogP) is 3.56. The van der Waals surface area contributed by atoms with Gasteiger partial charge < -0.3 is 25.2 Å². The molecule has 0 aliphatic carbocycles. The van der Waals surface area contributed by atoms with E-state index in [4.69, 9.17) is 9.72 Å². The molecule has 2 fully saturated rings. The maximum absolute atomic E-state index is 13.2. The molecule has 2 aliphatic heterocycles. The number of sulfone groups is 1. The van der Waals surface area contributed by atoms with Gasteiger partial charge in [0.05, 0.1) is 35.6 Å². The van der Waals surface area contributed by atoms with Crippen molar-refractivity contribution in [3.05, 3.63) is 66.4 Å². The summed E-state index contributed by atoms with van der Waals surface area (Å²) in [5.74, 6) is 0.852. The van der Waals surface area contributed by atoms with E-state index < -0.39 is 9.84 Å². The second-order valence-corrected chi connectivity index (χ2v) is 12.5. The van der Waals surface area contributed by atoms with Crippen LogP contribution in [0.3, 0.4) is 0 Å². The minimum absolute atomic E-state index is 0.0877. The van der Waals surface area contributed by atoms with Crippen molar-refractivity contribution in [1.29, 1.82) is 0 Å². The molecule has 0 bridgehead atoms. The summed E-state index contributed by atoms with van der Waals surface area (Å²) < 4.78 is 31.9. The van der Waals surface area contributed by atoms with E-state index in [2.05, 4.69) is 39.4 Å². The number of likely N-dealkylation sites (tertiary alicyclic amines) is 1. The van der Waals surface area contributed by atoms with Crippen molar-refractivity contribution in [2.45, 2.75) is 42.5 Å². The first kappa shape index (κ1) is 28.0. The number of amides is 2. The van der Waals surface area contributed by atoms with Gasteiger partial charge in [-0.3, -0.25) is 0 Å². The molecule has 3 heterocycles. The maximum atomic E-state index is 13.2. The third-order valence-electron chi connectivity index (χ3n) is 7.32. The second kappa shape index (κ2) is 12.3. The highest BCUT2D eigenvalue weighted by atomic mass is 32.2. The van der Waals surface area contributed by atoms with Crippen LogP contribution in [0.15, 0.2) is 65.6 Å². The fourth-order valence-electron chi connectivity index (χ4n) is 5.01. The van der Waals surface area contributed by atoms with Crippen LogP contribution >= 0.6 is 0 Å². The monoisotopic (exact) mass is 564 g/mol. The fraction of sp³-hybridized carbons (Fsp3) is 0.414. The van der Waals surface area contributed by atoms with Crippen molar-refractivity contribution in [1.82, 2.24) is 20.2 Å². The van der Waals surface area contributed by atoms with E-state index in [-0.39, 0.29) is 28.8 Å². The van der Waals surface area contributed by atoms with Gasteiger partial charge in [-0.1, -0.05) is 18.2 Å². The van der Waals surface area contributed by atoms with E-state index in [9.17, 15) is 13.2 Å². The Morgan fingerprint density at radius 3 is 2.45 bits per heavy atom. The molecular weight excluding hydrogens is 528 g/mol. The van der Waals surface area contributed by atoms with Crippen molar-refractivity contribution in [2.75, 3.05) is 50.1 Å². The summed E-state index contributed by atoms with van der Waals surface area (Å²) in [4.78, 5) is 26.6. The number of hydrogen-bond donors (Lipinski definition) is 2. The molecule has 0 spiro atoms. The maximum Gasteiger partial charge on any atom is 0.319 e. The quantitative estimate of drug-likeness (QED) is 0.448. The number of carbonyl (C=O) groups is 1. The van der Waals surface area contributed by atoms with Crippen LogP contribution in [0.4, 0.5) is 16.3 Å². The van der Waals surface area contributed by atoms with E-state index in [1.165, 1.54) is 0 Å². The first-order valence-corrected chi connectivity index (χ1v) is 15.3. The molecule has 11 heteroatoms. The van der Waals surface area contributed by atoms with Crippen LogP contribution in [0.1, 0.15) is 25.5 Å². The number of urea groups is 1. The number of aromatic nitrogens is 2. The van der Waals surface area contributed by atoms with Gasteiger partial charge in [-0.2, -0.15) is 0 Å². The summed E-state index contributed by atoms with van der Waals surface area (Å²) >= 11 is 0. The van der Waals surface area contributed by atoms with Gasteiger partial charge in [0.1, 0.15) is 5.82 Å². The topological polar surface area (TPSA) is 117 Å². The summed E-state index contributed by atoms with van der Waals surface area (Å²) in [6, 6.07) is 17.5. The molecule has 2 aliphatic rings. The second-order valence-electron chi connectivity index (χ2n) is 10.5. The van der Waals surface area contributed by atoms with Crippen molar-refractivity contribution in [2.24, 2.45) is 0 Å². The van der Waals surface area contributed by atoms with Gasteiger partial charge in [0.2, 0.25) is 0 Å². The van der Waals surface area contributed by atoms with Crippen LogP contribution in [0, 0.1) is 0 Å². The van der Waals surface area contributed by atoms with Crippen LogP contribution in [0.25, 0.3) is 11.4 Å². The molecule has 40 heavy (non-hydrogen) atoms. The largest absolute Gasteiger partial charge is 0.377 e. The highest BCUT2D eigenvalue weighted by molar-refractivity contribution is 7.90. The zero-order chi connectivity index (χ0) is 28.1. The van der Waals surface area contributed by atoms with E-state index >= 15 is 0 Å². The highest BCUT2D eigenvalue weighted by Crippen LogP contribution is 2.26. The number of ether oxygens (including phenoxy) is 1. The number of hydrogen-bond acceptors (Lipinski definition) is 8. The lowest BCUT2D eigenvalue weighted by Gasteiger charge is -2.34. The van der Waals surface area contributed by atoms with E-state index in [1.807, 2.05) is 12.1 Å². The lowest BCUT2D eigenvalue weighted by Crippen LogP contribution is -2.44. The van der Waals surface area contributed by atoms with Crippen LogP contribution in [0.5, 0.6) is 0 Å². The average molecular weight is 565 g/mol.